The topological polar surface area (TPSA) is 61.8 Å². The van der Waals surface area contributed by atoms with Gasteiger partial charge in [0.15, 0.2) is 11.6 Å². The summed E-state index contributed by atoms with van der Waals surface area (Å²) in [6, 6.07) is 5.83. The van der Waals surface area contributed by atoms with E-state index in [0.29, 0.717) is 59.7 Å². The molecule has 9 heteroatoms. The largest absolute Gasteiger partial charge is 0.490 e. The number of piperidine rings is 1. The van der Waals surface area contributed by atoms with Crippen LogP contribution in [0.15, 0.2) is 28.7 Å². The fourth-order valence-corrected chi connectivity index (χ4v) is 4.53. The van der Waals surface area contributed by atoms with Gasteiger partial charge in [0.1, 0.15) is 23.6 Å². The molecule has 0 unspecified atom stereocenters. The fourth-order valence-electron chi connectivity index (χ4n) is 3.90. The number of fused-ring (bicyclic) bond motifs is 1. The van der Waals surface area contributed by atoms with Crippen molar-refractivity contribution in [2.75, 3.05) is 29.9 Å². The molecule has 5 nitrogen and oxygen atoms in total. The molecule has 160 valence electrons. The van der Waals surface area contributed by atoms with Gasteiger partial charge in [-0.3, -0.25) is 4.79 Å². The summed E-state index contributed by atoms with van der Waals surface area (Å²) in [4.78, 5) is 13.3. The Balaban J connectivity index is 1.43. The zero-order valence-corrected chi connectivity index (χ0v) is 18.3. The number of nitrogens with one attached hydrogen (secondary N) is 1. The molecule has 0 bridgehead atoms. The Morgan fingerprint density at radius 3 is 2.53 bits per heavy atom. The van der Waals surface area contributed by atoms with Crippen molar-refractivity contribution >= 4 is 44.8 Å². The Hall–Kier alpha value is -1.90. The summed E-state index contributed by atoms with van der Waals surface area (Å²) in [7, 11) is 0. The van der Waals surface area contributed by atoms with Gasteiger partial charge in [-0.05, 0) is 43.5 Å². The minimum absolute atomic E-state index is 0.0359. The average molecular weight is 502 g/mol. The number of hydrogen-bond donors (Lipinski definition) is 2. The molecule has 1 fully saturated rings. The van der Waals surface area contributed by atoms with Gasteiger partial charge in [0.25, 0.3) is 0 Å². The predicted molar refractivity (Wildman–Crippen MR) is 114 cm³/mol. The van der Waals surface area contributed by atoms with E-state index in [0.717, 1.165) is 5.56 Å². The molecule has 1 saturated heterocycles. The van der Waals surface area contributed by atoms with Crippen LogP contribution >= 0.6 is 27.5 Å². The van der Waals surface area contributed by atoms with E-state index in [-0.39, 0.29) is 18.2 Å². The van der Waals surface area contributed by atoms with Gasteiger partial charge in [0.05, 0.1) is 10.7 Å². The van der Waals surface area contributed by atoms with Crippen LogP contribution in [-0.2, 0) is 11.2 Å². The van der Waals surface area contributed by atoms with Crippen molar-refractivity contribution in [3.05, 3.63) is 51.0 Å². The first-order valence-electron chi connectivity index (χ1n) is 9.62. The Kier molecular flexibility index (Phi) is 5.92. The molecule has 0 saturated carbocycles. The van der Waals surface area contributed by atoms with Crippen molar-refractivity contribution in [3.63, 3.8) is 0 Å². The van der Waals surface area contributed by atoms with E-state index in [1.165, 1.54) is 12.1 Å². The summed E-state index contributed by atoms with van der Waals surface area (Å²) in [5.41, 5.74) is 0.155. The SMILES string of the molecule is O=C1CCc2c(OCC3(O)CCN(c4c(F)cc(Br)cc4F)CC3)ccc(Cl)c2N1. The minimum Gasteiger partial charge on any atom is -0.490 e. The number of carbonyl (C=O) groups excluding carboxylic acids is 1. The number of aliphatic hydroxyl groups is 1. The highest BCUT2D eigenvalue weighted by molar-refractivity contribution is 9.10. The van der Waals surface area contributed by atoms with Crippen LogP contribution in [0.4, 0.5) is 20.2 Å². The van der Waals surface area contributed by atoms with Gasteiger partial charge < -0.3 is 20.1 Å². The molecule has 0 atom stereocenters. The Morgan fingerprint density at radius 2 is 1.87 bits per heavy atom. The van der Waals surface area contributed by atoms with Gasteiger partial charge in [-0.2, -0.15) is 0 Å². The average Bonchev–Trinajstić information content (AvgIpc) is 2.69. The normalized spacial score (nSPS) is 18.0. The number of ether oxygens (including phenoxy) is 1. The van der Waals surface area contributed by atoms with Crippen LogP contribution in [0.25, 0.3) is 0 Å². The summed E-state index contributed by atoms with van der Waals surface area (Å²) in [5.74, 6) is -0.813. The molecule has 1 amide bonds. The standard InChI is InChI=1S/C21H20BrClF2N2O3/c22-12-9-15(24)20(16(25)10-12)27-7-5-21(29,6-8-27)11-30-17-3-2-14(23)19-13(17)1-4-18(28)26-19/h2-3,9-10,29H,1,4-8,11H2,(H,26,28). The van der Waals surface area contributed by atoms with Crippen LogP contribution in [0.1, 0.15) is 24.8 Å². The third-order valence-electron chi connectivity index (χ3n) is 5.57. The number of hydrogen-bond acceptors (Lipinski definition) is 4. The lowest BCUT2D eigenvalue weighted by atomic mass is 9.92. The van der Waals surface area contributed by atoms with Crippen molar-refractivity contribution in [3.8, 4) is 5.75 Å². The highest BCUT2D eigenvalue weighted by atomic mass is 79.9. The molecule has 2 aromatic carbocycles. The van der Waals surface area contributed by atoms with Crippen molar-refractivity contribution in [2.45, 2.75) is 31.3 Å². The maximum atomic E-state index is 14.2. The molecule has 0 spiro atoms. The molecular weight excluding hydrogens is 482 g/mol. The van der Waals surface area contributed by atoms with Crippen LogP contribution in [0.2, 0.25) is 5.02 Å². The Morgan fingerprint density at radius 1 is 1.20 bits per heavy atom. The van der Waals surface area contributed by atoms with Gasteiger partial charge >= 0.3 is 0 Å². The third kappa shape index (κ3) is 4.26. The predicted octanol–water partition coefficient (Wildman–Crippen LogP) is 4.68. The van der Waals surface area contributed by atoms with E-state index in [1.807, 2.05) is 0 Å². The summed E-state index contributed by atoms with van der Waals surface area (Å²) < 4.78 is 34.7. The first kappa shape index (κ1) is 21.3. The molecule has 2 aliphatic rings. The number of nitrogens with zero attached hydrogens (tertiary/aromatic N) is 1. The first-order chi connectivity index (χ1) is 14.3. The maximum absolute atomic E-state index is 14.2. The van der Waals surface area contributed by atoms with Crippen molar-refractivity contribution < 1.29 is 23.4 Å². The van der Waals surface area contributed by atoms with Gasteiger partial charge in [0, 0.05) is 29.5 Å². The van der Waals surface area contributed by atoms with E-state index >= 15 is 0 Å². The number of rotatable bonds is 4. The summed E-state index contributed by atoms with van der Waals surface area (Å²) in [5, 5.41) is 14.1. The van der Waals surface area contributed by atoms with Crippen molar-refractivity contribution in [2.24, 2.45) is 0 Å². The van der Waals surface area contributed by atoms with Crippen LogP contribution in [0.5, 0.6) is 5.75 Å². The van der Waals surface area contributed by atoms with E-state index in [9.17, 15) is 18.7 Å². The number of carbonyl (C=O) groups is 1. The van der Waals surface area contributed by atoms with Gasteiger partial charge in [-0.25, -0.2) is 8.78 Å². The van der Waals surface area contributed by atoms with Crippen LogP contribution in [0.3, 0.4) is 0 Å². The van der Waals surface area contributed by atoms with Crippen LogP contribution in [0, 0.1) is 11.6 Å². The highest BCUT2D eigenvalue weighted by Crippen LogP contribution is 2.38. The molecular formula is C21H20BrClF2N2O3. The van der Waals surface area contributed by atoms with Gasteiger partial charge in [0.2, 0.25) is 5.91 Å². The van der Waals surface area contributed by atoms with Crippen molar-refractivity contribution in [1.29, 1.82) is 0 Å². The highest BCUT2D eigenvalue weighted by Gasteiger charge is 2.35. The van der Waals surface area contributed by atoms with E-state index in [2.05, 4.69) is 21.2 Å². The molecule has 30 heavy (non-hydrogen) atoms. The molecule has 0 radical (unpaired) electrons. The molecule has 2 heterocycles. The summed E-state index contributed by atoms with van der Waals surface area (Å²) in [6.07, 6.45) is 1.45. The van der Waals surface area contributed by atoms with Crippen LogP contribution < -0.4 is 15.0 Å². The smallest absolute Gasteiger partial charge is 0.224 e. The second-order valence-corrected chi connectivity index (χ2v) is 8.99. The molecule has 2 aliphatic heterocycles. The number of anilines is 2. The van der Waals surface area contributed by atoms with E-state index < -0.39 is 17.2 Å². The maximum Gasteiger partial charge on any atom is 0.224 e. The van der Waals surface area contributed by atoms with Gasteiger partial charge in [-0.1, -0.05) is 27.5 Å². The number of halogens is 4. The molecule has 0 aromatic heterocycles. The lowest BCUT2D eigenvalue weighted by Crippen LogP contribution is -2.48. The zero-order valence-electron chi connectivity index (χ0n) is 16.0. The molecule has 2 N–H and O–H groups in total. The van der Waals surface area contributed by atoms with Crippen molar-refractivity contribution in [1.82, 2.24) is 0 Å². The van der Waals surface area contributed by atoms with Gasteiger partial charge in [-0.15, -0.1) is 0 Å². The summed E-state index contributed by atoms with van der Waals surface area (Å²) in [6.45, 7) is 0.627. The number of amides is 1. The van der Waals surface area contributed by atoms with Crippen LogP contribution in [-0.4, -0.2) is 36.3 Å². The second-order valence-electron chi connectivity index (χ2n) is 7.67. The van der Waals surface area contributed by atoms with E-state index in [1.54, 1.807) is 17.0 Å². The molecule has 0 aliphatic carbocycles. The fraction of sp³-hybridized carbons (Fsp3) is 0.381. The second kappa shape index (κ2) is 8.32. The Labute approximate surface area is 186 Å². The zero-order chi connectivity index (χ0) is 21.5. The first-order valence-corrected chi connectivity index (χ1v) is 10.8. The Bertz CT molecular complexity index is 973. The quantitative estimate of drug-likeness (QED) is 0.639. The number of benzene rings is 2. The monoisotopic (exact) mass is 500 g/mol. The molecule has 2 aromatic rings. The minimum atomic E-state index is -1.12. The lowest BCUT2D eigenvalue weighted by molar-refractivity contribution is -0.116. The summed E-state index contributed by atoms with van der Waals surface area (Å²) >= 11 is 9.26. The third-order valence-corrected chi connectivity index (χ3v) is 6.35. The lowest BCUT2D eigenvalue weighted by Gasteiger charge is -2.39. The molecule has 4 rings (SSSR count). The van der Waals surface area contributed by atoms with E-state index in [4.69, 9.17) is 16.3 Å².